The predicted molar refractivity (Wildman–Crippen MR) is 76.3 cm³/mol. The van der Waals surface area contributed by atoms with Crippen molar-refractivity contribution in [2.75, 3.05) is 7.05 Å². The summed E-state index contributed by atoms with van der Waals surface area (Å²) in [6.45, 7) is 4.66. The molecule has 1 N–H and O–H groups in total. The number of nitrogens with zero attached hydrogens (tertiary/aromatic N) is 3. The Morgan fingerprint density at radius 1 is 1.44 bits per heavy atom. The first kappa shape index (κ1) is 13.5. The lowest BCUT2D eigenvalue weighted by Gasteiger charge is -2.08. The maximum absolute atomic E-state index is 6.10. The van der Waals surface area contributed by atoms with Crippen molar-refractivity contribution < 1.29 is 0 Å². The van der Waals surface area contributed by atoms with E-state index >= 15 is 0 Å². The van der Waals surface area contributed by atoms with Gasteiger partial charge < -0.3 is 5.32 Å². The number of halogens is 2. The Bertz CT molecular complexity index is 580. The minimum Gasteiger partial charge on any atom is -0.316 e. The second kappa shape index (κ2) is 5.38. The van der Waals surface area contributed by atoms with E-state index in [1.165, 1.54) is 0 Å². The molecule has 4 nitrogen and oxygen atoms in total. The van der Waals surface area contributed by atoms with E-state index < -0.39 is 0 Å². The molecule has 0 aliphatic rings. The Morgan fingerprint density at radius 2 is 2.17 bits per heavy atom. The molecule has 0 aromatic carbocycles. The molecule has 0 unspecified atom stereocenters. The molecule has 0 spiro atoms. The number of aromatic nitrogens is 3. The summed E-state index contributed by atoms with van der Waals surface area (Å²) in [7, 11) is 1.89. The van der Waals surface area contributed by atoms with Crippen LogP contribution in [0.25, 0.3) is 5.82 Å². The van der Waals surface area contributed by atoms with Crippen LogP contribution in [0, 0.1) is 13.8 Å². The molecular formula is C12H14BrClN4. The van der Waals surface area contributed by atoms with Crippen molar-refractivity contribution in [3.63, 3.8) is 0 Å². The molecule has 6 heteroatoms. The highest BCUT2D eigenvalue weighted by Crippen LogP contribution is 2.24. The van der Waals surface area contributed by atoms with Crippen molar-refractivity contribution in [2.24, 2.45) is 0 Å². The standard InChI is InChI=1S/C12H14BrClN4/c1-7-12(13)8(2)18(17-7)11-4-9(5-15-3)10(14)6-16-11/h4,6,15H,5H2,1-3H3. The van der Waals surface area contributed by atoms with Crippen LogP contribution in [0.15, 0.2) is 16.7 Å². The molecule has 0 aliphatic heterocycles. The fourth-order valence-corrected chi connectivity index (χ4v) is 2.17. The van der Waals surface area contributed by atoms with Crippen molar-refractivity contribution in [3.8, 4) is 5.82 Å². The fraction of sp³-hybridized carbons (Fsp3) is 0.333. The van der Waals surface area contributed by atoms with Gasteiger partial charge in [-0.25, -0.2) is 9.67 Å². The molecular weight excluding hydrogens is 316 g/mol. The summed E-state index contributed by atoms with van der Waals surface area (Å²) in [4.78, 5) is 4.33. The molecule has 2 aromatic heterocycles. The van der Waals surface area contributed by atoms with Crippen LogP contribution in [0.5, 0.6) is 0 Å². The average molecular weight is 330 g/mol. The first-order valence-electron chi connectivity index (χ1n) is 5.55. The van der Waals surface area contributed by atoms with E-state index in [-0.39, 0.29) is 0 Å². The average Bonchev–Trinajstić information content (AvgIpc) is 2.60. The third kappa shape index (κ3) is 2.43. The summed E-state index contributed by atoms with van der Waals surface area (Å²) in [5, 5.41) is 8.20. The number of pyridine rings is 1. The molecule has 18 heavy (non-hydrogen) atoms. The summed E-state index contributed by atoms with van der Waals surface area (Å²) in [6, 6.07) is 1.95. The van der Waals surface area contributed by atoms with Crippen LogP contribution < -0.4 is 5.32 Å². The molecule has 0 saturated heterocycles. The van der Waals surface area contributed by atoms with E-state index in [2.05, 4.69) is 31.3 Å². The molecule has 0 fully saturated rings. The molecule has 2 rings (SSSR count). The van der Waals surface area contributed by atoms with Crippen LogP contribution in [0.1, 0.15) is 17.0 Å². The summed E-state index contributed by atoms with van der Waals surface area (Å²) in [6.07, 6.45) is 1.66. The number of aryl methyl sites for hydroxylation is 1. The molecule has 96 valence electrons. The van der Waals surface area contributed by atoms with Crippen LogP contribution >= 0.6 is 27.5 Å². The summed E-state index contributed by atoms with van der Waals surface area (Å²) < 4.78 is 2.82. The van der Waals surface area contributed by atoms with Gasteiger partial charge in [-0.1, -0.05) is 11.6 Å². The van der Waals surface area contributed by atoms with Crippen LogP contribution in [-0.4, -0.2) is 21.8 Å². The molecule has 0 aliphatic carbocycles. The number of hydrogen-bond donors (Lipinski definition) is 1. The van der Waals surface area contributed by atoms with Gasteiger partial charge in [-0.15, -0.1) is 0 Å². The molecule has 0 atom stereocenters. The zero-order valence-electron chi connectivity index (χ0n) is 10.5. The smallest absolute Gasteiger partial charge is 0.154 e. The number of hydrogen-bond acceptors (Lipinski definition) is 3. The van der Waals surface area contributed by atoms with Gasteiger partial charge in [0.05, 0.1) is 20.9 Å². The van der Waals surface area contributed by atoms with E-state index in [1.807, 2.05) is 31.6 Å². The van der Waals surface area contributed by atoms with E-state index in [9.17, 15) is 0 Å². The first-order valence-corrected chi connectivity index (χ1v) is 6.72. The summed E-state index contributed by atoms with van der Waals surface area (Å²) in [5.41, 5.74) is 2.98. The van der Waals surface area contributed by atoms with Gasteiger partial charge in [0.2, 0.25) is 0 Å². The lowest BCUT2D eigenvalue weighted by molar-refractivity contribution is 0.785. The van der Waals surface area contributed by atoms with E-state index in [0.717, 1.165) is 27.2 Å². The third-order valence-corrected chi connectivity index (χ3v) is 4.20. The topological polar surface area (TPSA) is 42.7 Å². The molecule has 2 aromatic rings. The Morgan fingerprint density at radius 3 is 2.72 bits per heavy atom. The van der Waals surface area contributed by atoms with E-state index in [1.54, 1.807) is 6.20 Å². The quantitative estimate of drug-likeness (QED) is 0.941. The van der Waals surface area contributed by atoms with Gasteiger partial charge in [-0.05, 0) is 48.5 Å². The lowest BCUT2D eigenvalue weighted by atomic mass is 10.2. The Kier molecular flexibility index (Phi) is 4.04. The second-order valence-corrected chi connectivity index (χ2v) is 5.26. The monoisotopic (exact) mass is 328 g/mol. The maximum atomic E-state index is 6.10. The van der Waals surface area contributed by atoms with Gasteiger partial charge in [-0.2, -0.15) is 5.10 Å². The van der Waals surface area contributed by atoms with Crippen molar-refractivity contribution in [1.29, 1.82) is 0 Å². The Labute approximate surface area is 119 Å². The van der Waals surface area contributed by atoms with Crippen molar-refractivity contribution in [2.45, 2.75) is 20.4 Å². The minimum atomic E-state index is 0.661. The molecule has 0 saturated carbocycles. The van der Waals surface area contributed by atoms with Crippen molar-refractivity contribution >= 4 is 27.5 Å². The predicted octanol–water partition coefficient (Wildman–Crippen LogP) is 3.02. The van der Waals surface area contributed by atoms with Gasteiger partial charge in [-0.3, -0.25) is 0 Å². The van der Waals surface area contributed by atoms with Gasteiger partial charge in [0.25, 0.3) is 0 Å². The van der Waals surface area contributed by atoms with Crippen LogP contribution in [0.4, 0.5) is 0 Å². The van der Waals surface area contributed by atoms with Crippen molar-refractivity contribution in [1.82, 2.24) is 20.1 Å². The summed E-state index contributed by atoms with van der Waals surface area (Å²) in [5.74, 6) is 0.774. The van der Waals surface area contributed by atoms with Crippen molar-refractivity contribution in [3.05, 3.63) is 38.7 Å². The zero-order chi connectivity index (χ0) is 13.3. The second-order valence-electron chi connectivity index (χ2n) is 4.06. The molecule has 2 heterocycles. The van der Waals surface area contributed by atoms with Gasteiger partial charge in [0, 0.05) is 12.7 Å². The van der Waals surface area contributed by atoms with Gasteiger partial charge >= 0.3 is 0 Å². The molecule has 0 amide bonds. The Balaban J connectivity index is 2.50. The van der Waals surface area contributed by atoms with Crippen LogP contribution in [-0.2, 0) is 6.54 Å². The molecule has 0 bridgehead atoms. The largest absolute Gasteiger partial charge is 0.316 e. The van der Waals surface area contributed by atoms with Crippen LogP contribution in [0.2, 0.25) is 5.02 Å². The molecule has 0 radical (unpaired) electrons. The first-order chi connectivity index (χ1) is 8.54. The fourth-order valence-electron chi connectivity index (χ4n) is 1.76. The van der Waals surface area contributed by atoms with Gasteiger partial charge in [0.15, 0.2) is 5.82 Å². The highest BCUT2D eigenvalue weighted by molar-refractivity contribution is 9.10. The highest BCUT2D eigenvalue weighted by atomic mass is 79.9. The lowest BCUT2D eigenvalue weighted by Crippen LogP contribution is -2.08. The minimum absolute atomic E-state index is 0.661. The third-order valence-electron chi connectivity index (χ3n) is 2.71. The van der Waals surface area contributed by atoms with Crippen LogP contribution in [0.3, 0.4) is 0 Å². The number of nitrogens with one attached hydrogen (secondary N) is 1. The maximum Gasteiger partial charge on any atom is 0.154 e. The zero-order valence-corrected chi connectivity index (χ0v) is 12.8. The highest BCUT2D eigenvalue weighted by Gasteiger charge is 2.12. The van der Waals surface area contributed by atoms with Gasteiger partial charge in [0.1, 0.15) is 0 Å². The number of rotatable bonds is 3. The SMILES string of the molecule is CNCc1cc(-n2nc(C)c(Br)c2C)ncc1Cl. The summed E-state index contributed by atoms with van der Waals surface area (Å²) >= 11 is 9.61. The van der Waals surface area contributed by atoms with E-state index in [4.69, 9.17) is 11.6 Å². The van der Waals surface area contributed by atoms with E-state index in [0.29, 0.717) is 11.6 Å². The normalized spacial score (nSPS) is 10.9. The Hall–Kier alpha value is -0.910.